The molecule has 0 heterocycles. The van der Waals surface area contributed by atoms with Gasteiger partial charge in [0.1, 0.15) is 5.75 Å². The van der Waals surface area contributed by atoms with Crippen molar-refractivity contribution in [1.82, 2.24) is 0 Å². The largest absolute Gasteiger partial charge is 0.435 e. The van der Waals surface area contributed by atoms with Crippen LogP contribution in [0.3, 0.4) is 0 Å². The SMILES string of the molecule is FC(F)Oc1cccc(C(Br)c2ccc3c(c2)CCC3)c1. The molecule has 0 radical (unpaired) electrons. The van der Waals surface area contributed by atoms with E-state index in [4.69, 9.17) is 0 Å². The number of ether oxygens (including phenoxy) is 1. The van der Waals surface area contributed by atoms with E-state index >= 15 is 0 Å². The van der Waals surface area contributed by atoms with Gasteiger partial charge in [0.15, 0.2) is 0 Å². The van der Waals surface area contributed by atoms with Crippen LogP contribution < -0.4 is 4.74 Å². The Morgan fingerprint density at radius 3 is 2.52 bits per heavy atom. The van der Waals surface area contributed by atoms with Crippen molar-refractivity contribution in [3.63, 3.8) is 0 Å². The van der Waals surface area contributed by atoms with Crippen LogP contribution in [0.5, 0.6) is 5.75 Å². The van der Waals surface area contributed by atoms with Gasteiger partial charge in [0.25, 0.3) is 0 Å². The number of aryl methyl sites for hydroxylation is 2. The molecule has 21 heavy (non-hydrogen) atoms. The van der Waals surface area contributed by atoms with Crippen LogP contribution in [0.1, 0.15) is 33.5 Å². The van der Waals surface area contributed by atoms with Crippen molar-refractivity contribution in [2.45, 2.75) is 30.7 Å². The average molecular weight is 353 g/mol. The lowest BCUT2D eigenvalue weighted by atomic mass is 10.0. The van der Waals surface area contributed by atoms with Crippen LogP contribution >= 0.6 is 15.9 Å². The molecule has 0 bridgehead atoms. The van der Waals surface area contributed by atoms with Gasteiger partial charge in [0.2, 0.25) is 0 Å². The molecule has 0 amide bonds. The zero-order chi connectivity index (χ0) is 14.8. The summed E-state index contributed by atoms with van der Waals surface area (Å²) in [6.07, 6.45) is 3.49. The molecule has 2 aromatic rings. The lowest BCUT2D eigenvalue weighted by Crippen LogP contribution is -2.02. The Morgan fingerprint density at radius 2 is 1.71 bits per heavy atom. The van der Waals surface area contributed by atoms with Gasteiger partial charge in [0, 0.05) is 0 Å². The van der Waals surface area contributed by atoms with E-state index in [-0.39, 0.29) is 10.6 Å². The van der Waals surface area contributed by atoms with Gasteiger partial charge in [-0.1, -0.05) is 46.3 Å². The van der Waals surface area contributed by atoms with Gasteiger partial charge in [-0.25, -0.2) is 0 Å². The standard InChI is InChI=1S/C17H15BrF2O/c18-16(13-5-2-6-15(10-13)21-17(19)20)14-8-7-11-3-1-4-12(11)9-14/h2,5-10,16-17H,1,3-4H2. The van der Waals surface area contributed by atoms with E-state index in [1.807, 2.05) is 6.07 Å². The van der Waals surface area contributed by atoms with Gasteiger partial charge in [-0.15, -0.1) is 0 Å². The van der Waals surface area contributed by atoms with Crippen LogP contribution in [-0.4, -0.2) is 6.61 Å². The van der Waals surface area contributed by atoms with E-state index in [1.165, 1.54) is 23.6 Å². The third kappa shape index (κ3) is 3.26. The zero-order valence-electron chi connectivity index (χ0n) is 11.4. The summed E-state index contributed by atoms with van der Waals surface area (Å²) in [6, 6.07) is 13.3. The molecule has 110 valence electrons. The monoisotopic (exact) mass is 352 g/mol. The molecule has 3 rings (SSSR count). The summed E-state index contributed by atoms with van der Waals surface area (Å²) in [5, 5.41) is 0. The minimum Gasteiger partial charge on any atom is -0.435 e. The van der Waals surface area contributed by atoms with E-state index in [0.717, 1.165) is 24.0 Å². The van der Waals surface area contributed by atoms with Gasteiger partial charge < -0.3 is 4.74 Å². The van der Waals surface area contributed by atoms with Crippen molar-refractivity contribution in [1.29, 1.82) is 0 Å². The van der Waals surface area contributed by atoms with Crippen molar-refractivity contribution >= 4 is 15.9 Å². The second-order valence-corrected chi connectivity index (χ2v) is 6.11. The first-order valence-corrected chi connectivity index (χ1v) is 7.85. The number of hydrogen-bond acceptors (Lipinski definition) is 1. The van der Waals surface area contributed by atoms with Crippen LogP contribution in [0.25, 0.3) is 0 Å². The van der Waals surface area contributed by atoms with Crippen molar-refractivity contribution in [3.8, 4) is 5.75 Å². The molecular weight excluding hydrogens is 338 g/mol. The van der Waals surface area contributed by atoms with E-state index in [2.05, 4.69) is 38.9 Å². The Bertz CT molecular complexity index is 642. The predicted molar refractivity (Wildman–Crippen MR) is 82.3 cm³/mol. The summed E-state index contributed by atoms with van der Waals surface area (Å²) in [5.41, 5.74) is 4.88. The molecule has 4 heteroatoms. The Labute approximate surface area is 131 Å². The Kier molecular flexibility index (Phi) is 4.24. The van der Waals surface area contributed by atoms with Gasteiger partial charge in [-0.2, -0.15) is 8.78 Å². The fourth-order valence-electron chi connectivity index (χ4n) is 2.79. The molecule has 1 aliphatic rings. The van der Waals surface area contributed by atoms with Gasteiger partial charge in [-0.05, 0) is 53.6 Å². The number of rotatable bonds is 4. The Hall–Kier alpha value is -1.42. The average Bonchev–Trinajstić information content (AvgIpc) is 2.93. The fraction of sp³-hybridized carbons (Fsp3) is 0.294. The highest BCUT2D eigenvalue weighted by atomic mass is 79.9. The number of alkyl halides is 3. The van der Waals surface area contributed by atoms with Crippen molar-refractivity contribution in [2.24, 2.45) is 0 Å². The Morgan fingerprint density at radius 1 is 0.952 bits per heavy atom. The normalized spacial score (nSPS) is 15.0. The van der Waals surface area contributed by atoms with Gasteiger partial charge >= 0.3 is 6.61 Å². The van der Waals surface area contributed by atoms with Crippen LogP contribution in [0.15, 0.2) is 42.5 Å². The van der Waals surface area contributed by atoms with Crippen molar-refractivity contribution < 1.29 is 13.5 Å². The summed E-state index contributed by atoms with van der Waals surface area (Å²) >= 11 is 3.66. The molecule has 1 aliphatic carbocycles. The van der Waals surface area contributed by atoms with Crippen LogP contribution in [0, 0.1) is 0 Å². The minimum absolute atomic E-state index is 0.0235. The molecule has 0 aromatic heterocycles. The number of fused-ring (bicyclic) bond motifs is 1. The molecule has 0 aliphatic heterocycles. The topological polar surface area (TPSA) is 9.23 Å². The summed E-state index contributed by atoms with van der Waals surface area (Å²) in [6.45, 7) is -2.80. The molecule has 0 saturated heterocycles. The maximum atomic E-state index is 12.3. The fourth-order valence-corrected chi connectivity index (χ4v) is 3.36. The first-order chi connectivity index (χ1) is 10.1. The quantitative estimate of drug-likeness (QED) is 0.681. The first kappa shape index (κ1) is 14.5. The van der Waals surface area contributed by atoms with Crippen molar-refractivity contribution in [3.05, 3.63) is 64.7 Å². The molecule has 1 nitrogen and oxygen atoms in total. The number of hydrogen-bond donors (Lipinski definition) is 0. The third-order valence-electron chi connectivity index (χ3n) is 3.79. The van der Waals surface area contributed by atoms with Crippen LogP contribution in [0.4, 0.5) is 8.78 Å². The molecule has 1 unspecified atom stereocenters. The lowest BCUT2D eigenvalue weighted by molar-refractivity contribution is -0.0498. The summed E-state index contributed by atoms with van der Waals surface area (Å²) in [5.74, 6) is 0.188. The molecule has 0 saturated carbocycles. The highest BCUT2D eigenvalue weighted by Gasteiger charge is 2.16. The first-order valence-electron chi connectivity index (χ1n) is 6.94. The summed E-state index contributed by atoms with van der Waals surface area (Å²) in [7, 11) is 0. The van der Waals surface area contributed by atoms with E-state index in [0.29, 0.717) is 0 Å². The summed E-state index contributed by atoms with van der Waals surface area (Å²) < 4.78 is 29.0. The predicted octanol–water partition coefficient (Wildman–Crippen LogP) is 5.26. The van der Waals surface area contributed by atoms with E-state index in [9.17, 15) is 8.78 Å². The van der Waals surface area contributed by atoms with E-state index < -0.39 is 6.61 Å². The summed E-state index contributed by atoms with van der Waals surface area (Å²) in [4.78, 5) is -0.0235. The molecule has 0 N–H and O–H groups in total. The zero-order valence-corrected chi connectivity index (χ0v) is 12.9. The molecule has 0 fully saturated rings. The second kappa shape index (κ2) is 6.14. The highest BCUT2D eigenvalue weighted by molar-refractivity contribution is 9.09. The van der Waals surface area contributed by atoms with E-state index in [1.54, 1.807) is 12.1 Å². The third-order valence-corrected chi connectivity index (χ3v) is 4.85. The number of halogens is 3. The lowest BCUT2D eigenvalue weighted by Gasteiger charge is -2.14. The molecular formula is C17H15BrF2O. The minimum atomic E-state index is -2.80. The number of benzene rings is 2. The second-order valence-electron chi connectivity index (χ2n) is 5.20. The molecule has 0 spiro atoms. The Balaban J connectivity index is 1.86. The van der Waals surface area contributed by atoms with Gasteiger partial charge in [0.05, 0.1) is 4.83 Å². The maximum absolute atomic E-state index is 12.3. The molecule has 1 atom stereocenters. The highest BCUT2D eigenvalue weighted by Crippen LogP contribution is 2.35. The van der Waals surface area contributed by atoms with Crippen molar-refractivity contribution in [2.75, 3.05) is 0 Å². The van der Waals surface area contributed by atoms with Crippen LogP contribution in [-0.2, 0) is 12.8 Å². The van der Waals surface area contributed by atoms with Crippen LogP contribution in [0.2, 0.25) is 0 Å². The molecule has 2 aromatic carbocycles. The van der Waals surface area contributed by atoms with Gasteiger partial charge in [-0.3, -0.25) is 0 Å². The smallest absolute Gasteiger partial charge is 0.387 e. The maximum Gasteiger partial charge on any atom is 0.387 e.